The Kier molecular flexibility index (Phi) is 7.02. The van der Waals surface area contributed by atoms with Crippen molar-refractivity contribution in [2.75, 3.05) is 20.3 Å². The minimum atomic E-state index is -0.760. The van der Waals surface area contributed by atoms with Gasteiger partial charge in [0.1, 0.15) is 6.10 Å². The maximum absolute atomic E-state index is 12.4. The van der Waals surface area contributed by atoms with Gasteiger partial charge in [0.05, 0.1) is 6.10 Å². The molecule has 1 aromatic carbocycles. The number of carbonyl (C=O) groups excluding carboxylic acids is 2. The summed E-state index contributed by atoms with van der Waals surface area (Å²) in [5, 5.41) is 5.30. The van der Waals surface area contributed by atoms with Crippen LogP contribution in [-0.4, -0.2) is 44.4 Å². The third-order valence-corrected chi connectivity index (χ3v) is 4.35. The second-order valence-corrected chi connectivity index (χ2v) is 6.20. The quantitative estimate of drug-likeness (QED) is 0.850. The van der Waals surface area contributed by atoms with Crippen LogP contribution < -0.4 is 10.6 Å². The van der Waals surface area contributed by atoms with E-state index in [4.69, 9.17) is 21.1 Å². The minimum Gasteiger partial charge on any atom is -0.381 e. The summed E-state index contributed by atoms with van der Waals surface area (Å²) >= 11 is 6.15. The minimum absolute atomic E-state index is 0.0555. The Morgan fingerprint density at radius 2 is 2.08 bits per heavy atom. The van der Waals surface area contributed by atoms with Gasteiger partial charge < -0.3 is 14.8 Å². The molecule has 7 heteroatoms. The molecular weight excluding hydrogens is 332 g/mol. The van der Waals surface area contributed by atoms with Crippen LogP contribution in [0.25, 0.3) is 0 Å². The van der Waals surface area contributed by atoms with Crippen LogP contribution in [0, 0.1) is 6.92 Å². The third kappa shape index (κ3) is 5.47. The van der Waals surface area contributed by atoms with E-state index in [2.05, 4.69) is 10.6 Å². The molecule has 0 spiro atoms. The van der Waals surface area contributed by atoms with Crippen molar-refractivity contribution in [2.24, 2.45) is 0 Å². The highest BCUT2D eigenvalue weighted by atomic mass is 35.5. The predicted octanol–water partition coefficient (Wildman–Crippen LogP) is 2.21. The zero-order valence-electron chi connectivity index (χ0n) is 13.9. The molecule has 1 unspecified atom stereocenters. The van der Waals surface area contributed by atoms with Gasteiger partial charge >= 0.3 is 6.03 Å². The number of carbonyl (C=O) groups is 2. The number of hydrogen-bond acceptors (Lipinski definition) is 4. The number of hydrogen-bond donors (Lipinski definition) is 2. The maximum Gasteiger partial charge on any atom is 0.321 e. The van der Waals surface area contributed by atoms with Gasteiger partial charge in [-0.1, -0.05) is 23.7 Å². The Balaban J connectivity index is 2.09. The van der Waals surface area contributed by atoms with Crippen molar-refractivity contribution >= 4 is 23.5 Å². The molecular formula is C17H23ClN2O4. The number of rotatable bonds is 5. The summed E-state index contributed by atoms with van der Waals surface area (Å²) in [4.78, 5) is 23.8. The maximum atomic E-state index is 12.4. The third-order valence-electron chi connectivity index (χ3n) is 3.94. The highest BCUT2D eigenvalue weighted by Crippen LogP contribution is 2.20. The highest BCUT2D eigenvalue weighted by Gasteiger charge is 2.26. The van der Waals surface area contributed by atoms with Crippen molar-refractivity contribution in [1.29, 1.82) is 0 Å². The van der Waals surface area contributed by atoms with Gasteiger partial charge in [-0.15, -0.1) is 0 Å². The van der Waals surface area contributed by atoms with Crippen LogP contribution in [0.5, 0.6) is 0 Å². The number of aryl methyl sites for hydroxylation is 1. The number of halogens is 1. The van der Waals surface area contributed by atoms with Crippen molar-refractivity contribution in [3.8, 4) is 0 Å². The second-order valence-electron chi connectivity index (χ2n) is 5.79. The molecule has 2 rings (SSSR count). The highest BCUT2D eigenvalue weighted by molar-refractivity contribution is 6.31. The van der Waals surface area contributed by atoms with Crippen LogP contribution in [0.15, 0.2) is 18.2 Å². The Labute approximate surface area is 146 Å². The second kappa shape index (κ2) is 9.01. The fraction of sp³-hybridized carbons (Fsp3) is 0.529. The molecule has 24 heavy (non-hydrogen) atoms. The Morgan fingerprint density at radius 1 is 1.38 bits per heavy atom. The van der Waals surface area contributed by atoms with E-state index >= 15 is 0 Å². The van der Waals surface area contributed by atoms with Crippen LogP contribution in [-0.2, 0) is 20.7 Å². The molecule has 1 aliphatic heterocycles. The van der Waals surface area contributed by atoms with Gasteiger partial charge in [-0.3, -0.25) is 10.1 Å². The van der Waals surface area contributed by atoms with E-state index in [-0.39, 0.29) is 6.10 Å². The first kappa shape index (κ1) is 18.7. The van der Waals surface area contributed by atoms with Crippen molar-refractivity contribution in [1.82, 2.24) is 10.6 Å². The molecule has 0 bridgehead atoms. The average molecular weight is 355 g/mol. The van der Waals surface area contributed by atoms with E-state index < -0.39 is 18.0 Å². The summed E-state index contributed by atoms with van der Waals surface area (Å²) in [5.74, 6) is -0.461. The molecule has 132 valence electrons. The summed E-state index contributed by atoms with van der Waals surface area (Å²) < 4.78 is 11.3. The molecule has 1 atom stereocenters. The van der Waals surface area contributed by atoms with Crippen molar-refractivity contribution in [3.63, 3.8) is 0 Å². The normalized spacial score (nSPS) is 16.5. The molecule has 1 fully saturated rings. The topological polar surface area (TPSA) is 76.7 Å². The van der Waals surface area contributed by atoms with Gasteiger partial charge in [0.15, 0.2) is 0 Å². The smallest absolute Gasteiger partial charge is 0.321 e. The van der Waals surface area contributed by atoms with Gasteiger partial charge in [-0.2, -0.15) is 0 Å². The van der Waals surface area contributed by atoms with E-state index in [1.165, 1.54) is 7.05 Å². The van der Waals surface area contributed by atoms with E-state index in [0.29, 0.717) is 24.7 Å². The van der Waals surface area contributed by atoms with Crippen molar-refractivity contribution in [2.45, 2.75) is 38.4 Å². The van der Waals surface area contributed by atoms with Crippen LogP contribution >= 0.6 is 11.6 Å². The number of imide groups is 1. The monoisotopic (exact) mass is 354 g/mol. The van der Waals surface area contributed by atoms with Crippen LogP contribution in [0.2, 0.25) is 5.02 Å². The molecule has 0 aliphatic carbocycles. The molecule has 2 N–H and O–H groups in total. The zero-order chi connectivity index (χ0) is 17.5. The lowest BCUT2D eigenvalue weighted by Crippen LogP contribution is -2.46. The van der Waals surface area contributed by atoms with E-state index in [9.17, 15) is 9.59 Å². The first-order valence-corrected chi connectivity index (χ1v) is 8.38. The lowest BCUT2D eigenvalue weighted by atomic mass is 10.0. The molecule has 1 saturated heterocycles. The van der Waals surface area contributed by atoms with Crippen molar-refractivity contribution < 1.29 is 19.1 Å². The SMILES string of the molecule is CNC(=O)NC(=O)C(Cc1ccc(C)c(Cl)c1)OC1CCOCC1. The first-order chi connectivity index (χ1) is 11.5. The largest absolute Gasteiger partial charge is 0.381 e. The molecule has 0 aromatic heterocycles. The number of ether oxygens (including phenoxy) is 2. The van der Waals surface area contributed by atoms with E-state index in [0.717, 1.165) is 24.0 Å². The fourth-order valence-corrected chi connectivity index (χ4v) is 2.68. The fourth-order valence-electron chi connectivity index (χ4n) is 2.48. The van der Waals surface area contributed by atoms with E-state index in [1.807, 2.05) is 25.1 Å². The number of nitrogens with one attached hydrogen (secondary N) is 2. The molecule has 0 saturated carbocycles. The average Bonchev–Trinajstić information content (AvgIpc) is 2.58. The summed E-state index contributed by atoms with van der Waals surface area (Å²) in [5.41, 5.74) is 1.85. The van der Waals surface area contributed by atoms with Gasteiger partial charge in [-0.05, 0) is 37.0 Å². The molecule has 6 nitrogen and oxygen atoms in total. The Morgan fingerprint density at radius 3 is 2.71 bits per heavy atom. The molecule has 3 amide bonds. The summed E-state index contributed by atoms with van der Waals surface area (Å²) in [6.45, 7) is 3.15. The number of amides is 3. The van der Waals surface area contributed by atoms with Gasteiger partial charge in [0, 0.05) is 31.7 Å². The number of urea groups is 1. The summed E-state index contributed by atoms with van der Waals surface area (Å²) in [7, 11) is 1.46. The standard InChI is InChI=1S/C17H23ClN2O4/c1-11-3-4-12(9-14(11)18)10-15(16(21)20-17(22)19-2)24-13-5-7-23-8-6-13/h3-4,9,13,15H,5-8,10H2,1-2H3,(H2,19,20,21,22). The van der Waals surface area contributed by atoms with Crippen LogP contribution in [0.3, 0.4) is 0 Å². The molecule has 1 aromatic rings. The molecule has 0 radical (unpaired) electrons. The first-order valence-electron chi connectivity index (χ1n) is 8.00. The molecule has 1 heterocycles. The lowest BCUT2D eigenvalue weighted by Gasteiger charge is -2.27. The van der Waals surface area contributed by atoms with Crippen LogP contribution in [0.4, 0.5) is 4.79 Å². The predicted molar refractivity (Wildman–Crippen MR) is 91.2 cm³/mol. The van der Waals surface area contributed by atoms with E-state index in [1.54, 1.807) is 0 Å². The molecule has 1 aliphatic rings. The van der Waals surface area contributed by atoms with Gasteiger partial charge in [-0.25, -0.2) is 4.79 Å². The van der Waals surface area contributed by atoms with Crippen molar-refractivity contribution in [3.05, 3.63) is 34.3 Å². The summed E-state index contributed by atoms with van der Waals surface area (Å²) in [6, 6.07) is 5.08. The Hall–Kier alpha value is -1.63. The lowest BCUT2D eigenvalue weighted by molar-refractivity contribution is -0.139. The zero-order valence-corrected chi connectivity index (χ0v) is 14.7. The van der Waals surface area contributed by atoms with Gasteiger partial charge in [0.25, 0.3) is 5.91 Å². The van der Waals surface area contributed by atoms with Gasteiger partial charge in [0.2, 0.25) is 0 Å². The van der Waals surface area contributed by atoms with Crippen LogP contribution in [0.1, 0.15) is 24.0 Å². The number of benzene rings is 1. The Bertz CT molecular complexity index is 588. The summed E-state index contributed by atoms with van der Waals surface area (Å²) in [6.07, 6.45) is 1.00.